The van der Waals surface area contributed by atoms with E-state index < -0.39 is 11.8 Å². The van der Waals surface area contributed by atoms with E-state index >= 15 is 0 Å². The second-order valence-corrected chi connectivity index (χ2v) is 5.46. The number of carbonyl (C=O) groups is 1. The first kappa shape index (κ1) is 15.1. The highest BCUT2D eigenvalue weighted by Crippen LogP contribution is 2.32. The van der Waals surface area contributed by atoms with E-state index in [1.807, 2.05) is 0 Å². The molecule has 0 fully saturated rings. The van der Waals surface area contributed by atoms with E-state index in [2.05, 4.69) is 15.2 Å². The van der Waals surface area contributed by atoms with Gasteiger partial charge in [0.25, 0.3) is 11.8 Å². The smallest absolute Gasteiger partial charge is 0.286 e. The molecule has 7 nitrogen and oxygen atoms in total. The number of dihydropyridines is 1. The Balaban J connectivity index is 1.70. The van der Waals surface area contributed by atoms with E-state index in [9.17, 15) is 9.90 Å². The summed E-state index contributed by atoms with van der Waals surface area (Å²) < 4.78 is 10.7. The molecule has 1 aliphatic carbocycles. The number of rotatable bonds is 3. The van der Waals surface area contributed by atoms with Gasteiger partial charge in [-0.25, -0.2) is 4.99 Å². The van der Waals surface area contributed by atoms with Crippen LogP contribution in [0.2, 0.25) is 0 Å². The number of aromatic nitrogens is 2. The lowest BCUT2D eigenvalue weighted by Gasteiger charge is -2.20. The fourth-order valence-corrected chi connectivity index (χ4v) is 2.68. The van der Waals surface area contributed by atoms with Gasteiger partial charge in [-0.15, -0.1) is 10.2 Å². The first-order valence-corrected chi connectivity index (χ1v) is 7.56. The SMILES string of the molecule is COc1ccc(-c2nnc(C3=C(O)C4C=CC=CC4=NC3=O)o2)cc1. The Kier molecular flexibility index (Phi) is 3.53. The van der Waals surface area contributed by atoms with Crippen molar-refractivity contribution >= 4 is 17.2 Å². The van der Waals surface area contributed by atoms with E-state index in [-0.39, 0.29) is 23.1 Å². The zero-order chi connectivity index (χ0) is 17.4. The minimum Gasteiger partial charge on any atom is -0.510 e. The third-order valence-corrected chi connectivity index (χ3v) is 3.97. The Labute approximate surface area is 142 Å². The number of hydrogen-bond donors (Lipinski definition) is 1. The van der Waals surface area contributed by atoms with Crippen molar-refractivity contribution in [2.24, 2.45) is 10.9 Å². The van der Waals surface area contributed by atoms with Gasteiger partial charge in [0.2, 0.25) is 5.89 Å². The van der Waals surface area contributed by atoms with Crippen LogP contribution in [0.3, 0.4) is 0 Å². The minimum atomic E-state index is -0.603. The Morgan fingerprint density at radius 3 is 2.64 bits per heavy atom. The van der Waals surface area contributed by atoms with Crippen molar-refractivity contribution in [3.05, 3.63) is 60.2 Å². The Morgan fingerprint density at radius 2 is 1.88 bits per heavy atom. The van der Waals surface area contributed by atoms with Crippen molar-refractivity contribution in [3.63, 3.8) is 0 Å². The number of benzene rings is 1. The number of allylic oxidation sites excluding steroid dienone is 4. The molecule has 1 atom stereocenters. The summed E-state index contributed by atoms with van der Waals surface area (Å²) in [6, 6.07) is 7.05. The zero-order valence-electron chi connectivity index (χ0n) is 13.2. The lowest BCUT2D eigenvalue weighted by molar-refractivity contribution is -0.112. The molecule has 1 aromatic heterocycles. The lowest BCUT2D eigenvalue weighted by Crippen LogP contribution is -2.24. The highest BCUT2D eigenvalue weighted by atomic mass is 16.5. The van der Waals surface area contributed by atoms with Crippen molar-refractivity contribution in [2.75, 3.05) is 7.11 Å². The van der Waals surface area contributed by atoms with Gasteiger partial charge in [-0.2, -0.15) is 0 Å². The van der Waals surface area contributed by atoms with E-state index in [0.717, 1.165) is 0 Å². The van der Waals surface area contributed by atoms with E-state index in [4.69, 9.17) is 9.15 Å². The maximum Gasteiger partial charge on any atom is 0.286 e. The largest absolute Gasteiger partial charge is 0.510 e. The molecular formula is C18H13N3O4. The fraction of sp³-hybridized carbons (Fsp3) is 0.111. The topological polar surface area (TPSA) is 97.8 Å². The highest BCUT2D eigenvalue weighted by molar-refractivity contribution is 6.27. The summed E-state index contributed by atoms with van der Waals surface area (Å²) in [7, 11) is 1.58. The summed E-state index contributed by atoms with van der Waals surface area (Å²) in [4.78, 5) is 16.3. The van der Waals surface area contributed by atoms with Gasteiger partial charge in [0.05, 0.1) is 18.7 Å². The zero-order valence-corrected chi connectivity index (χ0v) is 13.2. The summed E-state index contributed by atoms with van der Waals surface area (Å²) in [5, 5.41) is 18.3. The molecule has 0 radical (unpaired) electrons. The van der Waals surface area contributed by atoms with Crippen LogP contribution in [0.25, 0.3) is 17.0 Å². The summed E-state index contributed by atoms with van der Waals surface area (Å²) in [6.45, 7) is 0. The molecule has 25 heavy (non-hydrogen) atoms. The number of aliphatic hydroxyl groups excluding tert-OH is 1. The number of hydrogen-bond acceptors (Lipinski definition) is 6. The summed E-state index contributed by atoms with van der Waals surface area (Å²) in [6.07, 6.45) is 6.98. The molecular weight excluding hydrogens is 322 g/mol. The van der Waals surface area contributed by atoms with Crippen molar-refractivity contribution in [1.29, 1.82) is 0 Å². The van der Waals surface area contributed by atoms with Gasteiger partial charge in [0.15, 0.2) is 0 Å². The normalized spacial score (nSPS) is 19.0. The molecule has 2 aliphatic rings. The molecule has 4 rings (SSSR count). The molecule has 0 bridgehead atoms. The lowest BCUT2D eigenvalue weighted by atomic mass is 9.91. The summed E-state index contributed by atoms with van der Waals surface area (Å²) in [5.41, 5.74) is 1.09. The first-order valence-electron chi connectivity index (χ1n) is 7.56. The van der Waals surface area contributed by atoms with E-state index in [1.165, 1.54) is 0 Å². The maximum absolute atomic E-state index is 12.3. The van der Waals surface area contributed by atoms with E-state index in [0.29, 0.717) is 17.0 Å². The molecule has 1 aliphatic heterocycles. The second kappa shape index (κ2) is 5.86. The summed E-state index contributed by atoms with van der Waals surface area (Å²) >= 11 is 0. The van der Waals surface area contributed by atoms with Crippen LogP contribution in [-0.4, -0.2) is 34.0 Å². The highest BCUT2D eigenvalue weighted by Gasteiger charge is 2.33. The van der Waals surface area contributed by atoms with Crippen LogP contribution in [0, 0.1) is 5.92 Å². The van der Waals surface area contributed by atoms with Gasteiger partial charge in [0.1, 0.15) is 17.1 Å². The number of methoxy groups -OCH3 is 1. The molecule has 7 heteroatoms. The first-order chi connectivity index (χ1) is 12.2. The molecule has 2 heterocycles. The van der Waals surface area contributed by atoms with Crippen LogP contribution in [0.15, 0.2) is 63.7 Å². The third-order valence-electron chi connectivity index (χ3n) is 3.97. The van der Waals surface area contributed by atoms with Gasteiger partial charge in [-0.3, -0.25) is 4.79 Å². The van der Waals surface area contributed by atoms with Crippen molar-refractivity contribution in [1.82, 2.24) is 10.2 Å². The molecule has 1 aromatic carbocycles. The van der Waals surface area contributed by atoms with Crippen molar-refractivity contribution in [2.45, 2.75) is 0 Å². The van der Waals surface area contributed by atoms with Crippen molar-refractivity contribution in [3.8, 4) is 17.2 Å². The van der Waals surface area contributed by atoms with E-state index in [1.54, 1.807) is 55.7 Å². The van der Waals surface area contributed by atoms with Gasteiger partial charge in [-0.05, 0) is 30.3 Å². The van der Waals surface area contributed by atoms with Crippen LogP contribution < -0.4 is 4.74 Å². The van der Waals surface area contributed by atoms with Crippen LogP contribution in [0.1, 0.15) is 5.89 Å². The average molecular weight is 335 g/mol. The monoisotopic (exact) mass is 335 g/mol. The van der Waals surface area contributed by atoms with Crippen LogP contribution in [0.4, 0.5) is 0 Å². The predicted octanol–water partition coefficient (Wildman–Crippen LogP) is 2.74. The quantitative estimate of drug-likeness (QED) is 0.926. The number of nitrogens with zero attached hydrogens (tertiary/aromatic N) is 3. The van der Waals surface area contributed by atoms with Gasteiger partial charge in [0, 0.05) is 5.56 Å². The van der Waals surface area contributed by atoms with Gasteiger partial charge in [-0.1, -0.05) is 18.2 Å². The molecule has 2 aromatic rings. The number of amides is 1. The molecule has 1 N–H and O–H groups in total. The van der Waals surface area contributed by atoms with Gasteiger partial charge >= 0.3 is 0 Å². The number of aliphatic imine (C=N–C) groups is 1. The number of carbonyl (C=O) groups excluding carboxylic acids is 1. The Bertz CT molecular complexity index is 964. The third kappa shape index (κ3) is 2.55. The average Bonchev–Trinajstić information content (AvgIpc) is 3.11. The second-order valence-electron chi connectivity index (χ2n) is 5.46. The molecule has 0 saturated carbocycles. The molecule has 0 saturated heterocycles. The number of aliphatic hydroxyl groups is 1. The standard InChI is InChI=1S/C18H13N3O4/c1-24-11-8-6-10(7-9-11)17-20-21-18(25-17)14-15(22)12-4-2-3-5-13(12)19-16(14)23/h2-9,12,22H,1H3. The molecule has 1 amide bonds. The number of ether oxygens (including phenoxy) is 1. The van der Waals surface area contributed by atoms with Crippen LogP contribution in [0.5, 0.6) is 5.75 Å². The van der Waals surface area contributed by atoms with Crippen LogP contribution in [-0.2, 0) is 4.79 Å². The molecule has 1 unspecified atom stereocenters. The maximum atomic E-state index is 12.3. The summed E-state index contributed by atoms with van der Waals surface area (Å²) in [5.74, 6) is -0.341. The molecule has 0 spiro atoms. The predicted molar refractivity (Wildman–Crippen MR) is 90.0 cm³/mol. The fourth-order valence-electron chi connectivity index (χ4n) is 2.68. The Morgan fingerprint density at radius 1 is 1.12 bits per heavy atom. The number of fused-ring (bicyclic) bond motifs is 1. The Hall–Kier alpha value is -3.48. The minimum absolute atomic E-state index is 0.0564. The van der Waals surface area contributed by atoms with Crippen molar-refractivity contribution < 1.29 is 19.1 Å². The van der Waals surface area contributed by atoms with Gasteiger partial charge < -0.3 is 14.3 Å². The molecule has 124 valence electrons. The van der Waals surface area contributed by atoms with Crippen LogP contribution >= 0.6 is 0 Å².